The van der Waals surface area contributed by atoms with Gasteiger partial charge in [0.2, 0.25) is 0 Å². The molecule has 0 aliphatic rings. The van der Waals surface area contributed by atoms with Crippen LogP contribution >= 0.6 is 0 Å². The fraction of sp³-hybridized carbons (Fsp3) is 1.00. The van der Waals surface area contributed by atoms with Crippen molar-refractivity contribution >= 4 is 0 Å². The zero-order valence-corrected chi connectivity index (χ0v) is 29.0. The Morgan fingerprint density at radius 1 is 0.237 bits per heavy atom. The fourth-order valence-corrected chi connectivity index (χ4v) is 6.23. The SMILES string of the molecule is CCCCCCCCCCCCCC[N+](CCCC)(CCCC)CCCCCCCCCCCCCC.[Br-]. The molecule has 0 bridgehead atoms. The van der Waals surface area contributed by atoms with Gasteiger partial charge in [-0.1, -0.05) is 169 Å². The van der Waals surface area contributed by atoms with E-state index in [1.165, 1.54) is 210 Å². The third kappa shape index (κ3) is 28.0. The molecule has 0 unspecified atom stereocenters. The number of hydrogen-bond donors (Lipinski definition) is 0. The van der Waals surface area contributed by atoms with E-state index in [-0.39, 0.29) is 17.0 Å². The molecule has 0 heterocycles. The van der Waals surface area contributed by atoms with Crippen molar-refractivity contribution in [2.45, 2.75) is 207 Å². The molecule has 0 saturated heterocycles. The summed E-state index contributed by atoms with van der Waals surface area (Å²) in [7, 11) is 0. The van der Waals surface area contributed by atoms with Gasteiger partial charge < -0.3 is 21.5 Å². The molecule has 0 radical (unpaired) electrons. The summed E-state index contributed by atoms with van der Waals surface area (Å²) in [6.45, 7) is 15.3. The van der Waals surface area contributed by atoms with E-state index in [0.717, 1.165) is 0 Å². The Morgan fingerprint density at radius 3 is 0.658 bits per heavy atom. The second kappa shape index (κ2) is 33.6. The van der Waals surface area contributed by atoms with E-state index < -0.39 is 0 Å². The lowest BCUT2D eigenvalue weighted by atomic mass is 10.0. The van der Waals surface area contributed by atoms with E-state index in [2.05, 4.69) is 27.7 Å². The molecule has 0 N–H and O–H groups in total. The highest BCUT2D eigenvalue weighted by molar-refractivity contribution is 4.54. The van der Waals surface area contributed by atoms with Gasteiger partial charge in [0.1, 0.15) is 0 Å². The van der Waals surface area contributed by atoms with Crippen LogP contribution in [0.5, 0.6) is 0 Å². The summed E-state index contributed by atoms with van der Waals surface area (Å²) in [6, 6.07) is 0. The minimum absolute atomic E-state index is 0. The molecule has 0 aromatic carbocycles. The van der Waals surface area contributed by atoms with Crippen LogP contribution in [0.1, 0.15) is 207 Å². The van der Waals surface area contributed by atoms with Crippen molar-refractivity contribution in [3.05, 3.63) is 0 Å². The first kappa shape index (κ1) is 40.6. The number of nitrogens with zero attached hydrogens (tertiary/aromatic N) is 1. The second-order valence-electron chi connectivity index (χ2n) is 12.7. The van der Waals surface area contributed by atoms with Gasteiger partial charge >= 0.3 is 0 Å². The molecule has 38 heavy (non-hydrogen) atoms. The highest BCUT2D eigenvalue weighted by Crippen LogP contribution is 2.20. The normalized spacial score (nSPS) is 11.7. The Bertz CT molecular complexity index is 372. The van der Waals surface area contributed by atoms with Crippen molar-refractivity contribution in [2.24, 2.45) is 0 Å². The Morgan fingerprint density at radius 2 is 0.421 bits per heavy atom. The predicted molar refractivity (Wildman–Crippen MR) is 172 cm³/mol. The molecule has 0 aliphatic heterocycles. The van der Waals surface area contributed by atoms with E-state index in [9.17, 15) is 0 Å². The average Bonchev–Trinajstić information content (AvgIpc) is 2.91. The molecule has 1 nitrogen and oxygen atoms in total. The molecule has 0 saturated carbocycles. The molecule has 232 valence electrons. The van der Waals surface area contributed by atoms with Crippen LogP contribution in [0, 0.1) is 0 Å². The first-order chi connectivity index (χ1) is 18.2. The molecule has 0 aliphatic carbocycles. The van der Waals surface area contributed by atoms with E-state index in [1.54, 1.807) is 0 Å². The highest BCUT2D eigenvalue weighted by atomic mass is 79.9. The van der Waals surface area contributed by atoms with Crippen LogP contribution in [0.25, 0.3) is 0 Å². The van der Waals surface area contributed by atoms with Crippen molar-refractivity contribution in [1.29, 1.82) is 0 Å². The molecule has 0 aromatic rings. The maximum absolute atomic E-state index is 2.39. The summed E-state index contributed by atoms with van der Waals surface area (Å²) in [6.07, 6.45) is 40.8. The largest absolute Gasteiger partial charge is 1.00 e. The minimum atomic E-state index is 0. The van der Waals surface area contributed by atoms with Crippen molar-refractivity contribution < 1.29 is 21.5 Å². The molecular weight excluding hydrogens is 526 g/mol. The van der Waals surface area contributed by atoms with Gasteiger partial charge in [-0.05, 0) is 38.5 Å². The quantitative estimate of drug-likeness (QED) is 0.0531. The Hall–Kier alpha value is 0.440. The van der Waals surface area contributed by atoms with Gasteiger partial charge in [-0.15, -0.1) is 0 Å². The molecule has 0 spiro atoms. The number of unbranched alkanes of at least 4 members (excludes halogenated alkanes) is 24. The van der Waals surface area contributed by atoms with Crippen molar-refractivity contribution in [1.82, 2.24) is 0 Å². The molecule has 0 aromatic heterocycles. The number of quaternary nitrogens is 1. The van der Waals surface area contributed by atoms with Gasteiger partial charge in [-0.3, -0.25) is 0 Å². The van der Waals surface area contributed by atoms with Gasteiger partial charge in [0.05, 0.1) is 26.2 Å². The summed E-state index contributed by atoms with van der Waals surface area (Å²) < 4.78 is 1.46. The topological polar surface area (TPSA) is 0 Å². The van der Waals surface area contributed by atoms with Gasteiger partial charge in [0.25, 0.3) is 0 Å². The molecular formula is C36H76BrN. The summed E-state index contributed by atoms with van der Waals surface area (Å²) >= 11 is 0. The highest BCUT2D eigenvalue weighted by Gasteiger charge is 2.25. The predicted octanol–water partition coefficient (Wildman–Crippen LogP) is 9.81. The lowest BCUT2D eigenvalue weighted by molar-refractivity contribution is -0.929. The summed E-state index contributed by atoms with van der Waals surface area (Å²) in [5.74, 6) is 0. The Balaban J connectivity index is 0. The van der Waals surface area contributed by atoms with Gasteiger partial charge in [-0.25, -0.2) is 0 Å². The van der Waals surface area contributed by atoms with Crippen LogP contribution in [-0.4, -0.2) is 30.7 Å². The first-order valence-corrected chi connectivity index (χ1v) is 18.1. The van der Waals surface area contributed by atoms with Crippen LogP contribution in [0.3, 0.4) is 0 Å². The molecule has 0 rings (SSSR count). The minimum Gasteiger partial charge on any atom is -1.00 e. The molecule has 0 amide bonds. The summed E-state index contributed by atoms with van der Waals surface area (Å²) in [4.78, 5) is 0. The first-order valence-electron chi connectivity index (χ1n) is 18.1. The smallest absolute Gasteiger partial charge is 0.0786 e. The average molecular weight is 603 g/mol. The summed E-state index contributed by atoms with van der Waals surface area (Å²) in [5.41, 5.74) is 0. The van der Waals surface area contributed by atoms with Crippen molar-refractivity contribution in [2.75, 3.05) is 26.2 Å². The number of hydrogen-bond acceptors (Lipinski definition) is 0. The lowest BCUT2D eigenvalue weighted by Gasteiger charge is -2.39. The van der Waals surface area contributed by atoms with Crippen LogP contribution in [0.2, 0.25) is 0 Å². The van der Waals surface area contributed by atoms with E-state index >= 15 is 0 Å². The van der Waals surface area contributed by atoms with Crippen LogP contribution in [-0.2, 0) is 0 Å². The Labute approximate surface area is 254 Å². The molecule has 2 heteroatoms. The lowest BCUT2D eigenvalue weighted by Crippen LogP contribution is -3.00. The van der Waals surface area contributed by atoms with Crippen LogP contribution < -0.4 is 17.0 Å². The monoisotopic (exact) mass is 602 g/mol. The zero-order valence-electron chi connectivity index (χ0n) is 27.5. The van der Waals surface area contributed by atoms with Crippen LogP contribution in [0.15, 0.2) is 0 Å². The van der Waals surface area contributed by atoms with Gasteiger partial charge in [-0.2, -0.15) is 0 Å². The second-order valence-corrected chi connectivity index (χ2v) is 12.7. The molecule has 0 fully saturated rings. The maximum Gasteiger partial charge on any atom is 0.0786 e. The van der Waals surface area contributed by atoms with Gasteiger partial charge in [0.15, 0.2) is 0 Å². The third-order valence-corrected chi connectivity index (χ3v) is 8.94. The van der Waals surface area contributed by atoms with E-state index in [1.807, 2.05) is 0 Å². The van der Waals surface area contributed by atoms with Crippen LogP contribution in [0.4, 0.5) is 0 Å². The fourth-order valence-electron chi connectivity index (χ4n) is 6.23. The van der Waals surface area contributed by atoms with Gasteiger partial charge in [0, 0.05) is 0 Å². The van der Waals surface area contributed by atoms with E-state index in [4.69, 9.17) is 0 Å². The number of rotatable bonds is 32. The zero-order chi connectivity index (χ0) is 27.1. The van der Waals surface area contributed by atoms with E-state index in [0.29, 0.717) is 0 Å². The maximum atomic E-state index is 2.39. The van der Waals surface area contributed by atoms with Crippen molar-refractivity contribution in [3.8, 4) is 0 Å². The summed E-state index contributed by atoms with van der Waals surface area (Å²) in [5, 5.41) is 0. The third-order valence-electron chi connectivity index (χ3n) is 8.94. The number of halogens is 1. The molecule has 0 atom stereocenters. The standard InChI is InChI=1S/C36H76N.BrH/c1-5-9-13-15-17-19-21-23-25-27-29-31-35-37(33-11-7-3,34-12-8-4)36-32-30-28-26-24-22-20-18-16-14-10-6-2;/h5-36H2,1-4H3;1H/q+1;/p-1. The Kier molecular flexibility index (Phi) is 35.9. The van der Waals surface area contributed by atoms with Crippen molar-refractivity contribution in [3.63, 3.8) is 0 Å².